The van der Waals surface area contributed by atoms with Crippen molar-refractivity contribution in [1.29, 1.82) is 0 Å². The third-order valence-corrected chi connectivity index (χ3v) is 5.59. The fourth-order valence-electron chi connectivity index (χ4n) is 3.42. The van der Waals surface area contributed by atoms with Crippen molar-refractivity contribution in [2.45, 2.75) is 13.2 Å². The number of aromatic nitrogens is 3. The van der Waals surface area contributed by atoms with Crippen LogP contribution in [0.5, 0.6) is 5.75 Å². The van der Waals surface area contributed by atoms with Gasteiger partial charge in [0.2, 0.25) is 4.77 Å². The average Bonchev–Trinajstić information content (AvgIpc) is 3.11. The van der Waals surface area contributed by atoms with Crippen LogP contribution in [-0.4, -0.2) is 33.4 Å². The second kappa shape index (κ2) is 9.47. The molecule has 0 aliphatic heterocycles. The van der Waals surface area contributed by atoms with Crippen LogP contribution in [0.3, 0.4) is 0 Å². The Balaban J connectivity index is 1.66. The fraction of sp³-hybridized carbons (Fsp3) is 0.167. The summed E-state index contributed by atoms with van der Waals surface area (Å²) in [6.07, 6.45) is 0. The van der Waals surface area contributed by atoms with E-state index < -0.39 is 0 Å². The Morgan fingerprint density at radius 2 is 1.65 bits per heavy atom. The Labute approximate surface area is 192 Å². The maximum atomic E-state index is 6.10. The number of nitrogens with zero attached hydrogens (tertiary/aromatic N) is 4. The summed E-state index contributed by atoms with van der Waals surface area (Å²) in [5.41, 5.74) is 3.12. The molecule has 0 atom stereocenters. The van der Waals surface area contributed by atoms with Gasteiger partial charge in [0.25, 0.3) is 0 Å². The highest BCUT2D eigenvalue weighted by molar-refractivity contribution is 7.71. The lowest BCUT2D eigenvalue weighted by Crippen LogP contribution is -2.22. The second-order valence-corrected chi connectivity index (χ2v) is 8.09. The van der Waals surface area contributed by atoms with Gasteiger partial charge in [-0.15, -0.1) is 5.10 Å². The molecule has 0 radical (unpaired) electrons. The zero-order valence-electron chi connectivity index (χ0n) is 17.4. The second-order valence-electron chi connectivity index (χ2n) is 7.29. The van der Waals surface area contributed by atoms with Crippen molar-refractivity contribution < 1.29 is 4.74 Å². The summed E-state index contributed by atoms with van der Waals surface area (Å²) < 4.78 is 9.71. The van der Waals surface area contributed by atoms with E-state index in [1.54, 1.807) is 7.11 Å². The van der Waals surface area contributed by atoms with Crippen LogP contribution >= 0.6 is 23.8 Å². The molecule has 0 saturated heterocycles. The summed E-state index contributed by atoms with van der Waals surface area (Å²) >= 11 is 11.9. The highest BCUT2D eigenvalue weighted by Crippen LogP contribution is 2.24. The van der Waals surface area contributed by atoms with E-state index in [2.05, 4.69) is 24.1 Å². The van der Waals surface area contributed by atoms with Crippen LogP contribution in [0.1, 0.15) is 5.56 Å². The third kappa shape index (κ3) is 4.88. The first kappa shape index (κ1) is 21.3. The lowest BCUT2D eigenvalue weighted by atomic mass is 10.2. The van der Waals surface area contributed by atoms with Crippen molar-refractivity contribution in [3.63, 3.8) is 0 Å². The predicted octanol–water partition coefficient (Wildman–Crippen LogP) is 5.82. The molecular formula is C24H23ClN4OS. The smallest absolute Gasteiger partial charge is 0.204 e. The van der Waals surface area contributed by atoms with E-state index in [4.69, 9.17) is 33.7 Å². The summed E-state index contributed by atoms with van der Waals surface area (Å²) in [6, 6.07) is 25.8. The van der Waals surface area contributed by atoms with Gasteiger partial charge in [-0.25, -0.2) is 4.68 Å². The Morgan fingerprint density at radius 1 is 0.968 bits per heavy atom. The number of hydrogen-bond donors (Lipinski definition) is 0. The Bertz CT molecular complexity index is 1200. The molecule has 158 valence electrons. The van der Waals surface area contributed by atoms with Crippen LogP contribution in [0.25, 0.3) is 17.1 Å². The van der Waals surface area contributed by atoms with Crippen molar-refractivity contribution >= 4 is 23.8 Å². The quantitative estimate of drug-likeness (QED) is 0.332. The van der Waals surface area contributed by atoms with Crippen LogP contribution in [-0.2, 0) is 13.2 Å². The van der Waals surface area contributed by atoms with E-state index in [1.807, 2.05) is 76.0 Å². The molecule has 31 heavy (non-hydrogen) atoms. The maximum absolute atomic E-state index is 6.10. The van der Waals surface area contributed by atoms with Crippen molar-refractivity contribution in [1.82, 2.24) is 19.2 Å². The van der Waals surface area contributed by atoms with Crippen LogP contribution in [0.15, 0.2) is 78.9 Å². The first-order valence-corrected chi connectivity index (χ1v) is 10.7. The van der Waals surface area contributed by atoms with E-state index in [-0.39, 0.29) is 0 Å². The molecule has 0 N–H and O–H groups in total. The van der Waals surface area contributed by atoms with Gasteiger partial charge in [0.05, 0.1) is 19.5 Å². The first-order chi connectivity index (χ1) is 15.0. The molecule has 5 nitrogen and oxygen atoms in total. The number of halogens is 1. The van der Waals surface area contributed by atoms with Crippen molar-refractivity contribution in [2.75, 3.05) is 14.2 Å². The minimum absolute atomic E-state index is 0.561. The molecule has 4 rings (SSSR count). The molecule has 0 aliphatic rings. The molecule has 3 aromatic carbocycles. The molecule has 0 bridgehead atoms. The lowest BCUT2D eigenvalue weighted by Gasteiger charge is -2.16. The normalized spacial score (nSPS) is 11.1. The SMILES string of the molecule is COc1ccc(CN(C)Cn2nc(-c3ccccc3)n(-c3ccc(Cl)cc3)c2=S)cc1. The van der Waals surface area contributed by atoms with E-state index in [0.717, 1.165) is 29.4 Å². The van der Waals surface area contributed by atoms with Crippen LogP contribution in [0.4, 0.5) is 0 Å². The fourth-order valence-corrected chi connectivity index (χ4v) is 3.83. The van der Waals surface area contributed by atoms with Crippen LogP contribution in [0.2, 0.25) is 5.02 Å². The molecule has 1 aromatic heterocycles. The van der Waals surface area contributed by atoms with Crippen LogP contribution in [0, 0.1) is 4.77 Å². The van der Waals surface area contributed by atoms with Gasteiger partial charge >= 0.3 is 0 Å². The van der Waals surface area contributed by atoms with E-state index in [0.29, 0.717) is 16.5 Å². The zero-order valence-corrected chi connectivity index (χ0v) is 19.0. The minimum atomic E-state index is 0.561. The average molecular weight is 451 g/mol. The molecule has 0 amide bonds. The number of hydrogen-bond acceptors (Lipinski definition) is 4. The Hall–Kier alpha value is -2.93. The molecule has 0 fully saturated rings. The van der Waals surface area contributed by atoms with Gasteiger partial charge in [-0.05, 0) is 61.2 Å². The monoisotopic (exact) mass is 450 g/mol. The summed E-state index contributed by atoms with van der Waals surface area (Å²) in [4.78, 5) is 2.17. The first-order valence-electron chi connectivity index (χ1n) is 9.88. The Morgan fingerprint density at radius 3 is 2.29 bits per heavy atom. The molecule has 4 aromatic rings. The molecule has 0 aliphatic carbocycles. The highest BCUT2D eigenvalue weighted by Gasteiger charge is 2.15. The van der Waals surface area contributed by atoms with E-state index >= 15 is 0 Å². The molecule has 0 saturated carbocycles. The predicted molar refractivity (Wildman–Crippen MR) is 127 cm³/mol. The molecular weight excluding hydrogens is 428 g/mol. The third-order valence-electron chi connectivity index (χ3n) is 4.94. The minimum Gasteiger partial charge on any atom is -0.497 e. The lowest BCUT2D eigenvalue weighted by molar-refractivity contribution is 0.244. The van der Waals surface area contributed by atoms with Gasteiger partial charge in [-0.3, -0.25) is 9.47 Å². The number of methoxy groups -OCH3 is 1. The van der Waals surface area contributed by atoms with Crippen molar-refractivity contribution in [3.8, 4) is 22.8 Å². The van der Waals surface area contributed by atoms with E-state index in [9.17, 15) is 0 Å². The highest BCUT2D eigenvalue weighted by atomic mass is 35.5. The van der Waals surface area contributed by atoms with Gasteiger partial charge in [0, 0.05) is 17.1 Å². The summed E-state index contributed by atoms with van der Waals surface area (Å²) in [5.74, 6) is 1.65. The van der Waals surface area contributed by atoms with Gasteiger partial charge in [0.1, 0.15) is 5.75 Å². The van der Waals surface area contributed by atoms with Gasteiger partial charge in [0.15, 0.2) is 5.82 Å². The standard InChI is InChI=1S/C24H23ClN4OS/c1-27(16-18-8-14-22(30-2)15-9-18)17-28-24(31)29(21-12-10-20(25)11-13-21)23(26-28)19-6-4-3-5-7-19/h3-15H,16-17H2,1-2H3. The van der Waals surface area contributed by atoms with Gasteiger partial charge in [-0.2, -0.15) is 0 Å². The van der Waals surface area contributed by atoms with Gasteiger partial charge in [-0.1, -0.05) is 54.1 Å². The van der Waals surface area contributed by atoms with Crippen molar-refractivity contribution in [2.24, 2.45) is 0 Å². The number of benzene rings is 3. The van der Waals surface area contributed by atoms with Crippen LogP contribution < -0.4 is 4.74 Å². The summed E-state index contributed by atoms with van der Waals surface area (Å²) in [6.45, 7) is 1.32. The number of rotatable bonds is 7. The van der Waals surface area contributed by atoms with Crippen molar-refractivity contribution in [3.05, 3.63) is 94.2 Å². The zero-order chi connectivity index (χ0) is 21.8. The molecule has 1 heterocycles. The van der Waals surface area contributed by atoms with Gasteiger partial charge < -0.3 is 4.74 Å². The summed E-state index contributed by atoms with van der Waals surface area (Å²) in [7, 11) is 3.72. The topological polar surface area (TPSA) is 35.2 Å². The number of ether oxygens (including phenoxy) is 1. The molecule has 0 unspecified atom stereocenters. The van der Waals surface area contributed by atoms with E-state index in [1.165, 1.54) is 5.56 Å². The molecule has 7 heteroatoms. The molecule has 0 spiro atoms. The summed E-state index contributed by atoms with van der Waals surface area (Å²) in [5, 5.41) is 5.55. The largest absolute Gasteiger partial charge is 0.497 e. The maximum Gasteiger partial charge on any atom is 0.204 e. The Kier molecular flexibility index (Phi) is 6.51.